The van der Waals surface area contributed by atoms with E-state index in [1.165, 1.54) is 20.4 Å². The summed E-state index contributed by atoms with van der Waals surface area (Å²) in [5.74, 6) is 0.693. The second-order valence-electron chi connectivity index (χ2n) is 3.92. The van der Waals surface area contributed by atoms with E-state index in [-0.39, 0.29) is 6.01 Å². The van der Waals surface area contributed by atoms with Gasteiger partial charge in [0, 0.05) is 6.07 Å². The van der Waals surface area contributed by atoms with Crippen LogP contribution in [0.5, 0.6) is 17.8 Å². The highest BCUT2D eigenvalue weighted by atomic mass is 16.5. The van der Waals surface area contributed by atoms with Gasteiger partial charge in [0.2, 0.25) is 11.8 Å². The van der Waals surface area contributed by atoms with E-state index in [1.807, 2.05) is 12.1 Å². The fraction of sp³-hybridized carbons (Fsp3) is 0.167. The molecule has 0 aliphatic heterocycles. The Morgan fingerprint density at radius 2 is 2.00 bits per heavy atom. The van der Waals surface area contributed by atoms with Crippen molar-refractivity contribution in [3.05, 3.63) is 24.4 Å². The summed E-state index contributed by atoms with van der Waals surface area (Å²) in [6.07, 6.45) is 1.52. The predicted octanol–water partition coefficient (Wildman–Crippen LogP) is 0.909. The third-order valence-electron chi connectivity index (χ3n) is 2.80. The highest BCUT2D eigenvalue weighted by molar-refractivity contribution is 5.70. The minimum atomic E-state index is -0.317. The summed E-state index contributed by atoms with van der Waals surface area (Å²) in [7, 11) is 3.01. The fourth-order valence-corrected chi connectivity index (χ4v) is 1.89. The molecule has 102 valence electrons. The van der Waals surface area contributed by atoms with Gasteiger partial charge in [-0.1, -0.05) is 0 Å². The van der Waals surface area contributed by atoms with E-state index in [1.54, 1.807) is 10.6 Å². The van der Waals surface area contributed by atoms with Crippen molar-refractivity contribution in [1.82, 2.24) is 24.8 Å². The zero-order valence-electron chi connectivity index (χ0n) is 10.8. The van der Waals surface area contributed by atoms with Gasteiger partial charge in [0.25, 0.3) is 0 Å². The number of methoxy groups -OCH3 is 2. The van der Waals surface area contributed by atoms with E-state index in [4.69, 9.17) is 9.47 Å². The molecule has 0 fully saturated rings. The van der Waals surface area contributed by atoms with Crippen molar-refractivity contribution >= 4 is 5.52 Å². The zero-order valence-corrected chi connectivity index (χ0v) is 10.8. The van der Waals surface area contributed by atoms with E-state index in [9.17, 15) is 5.11 Å². The van der Waals surface area contributed by atoms with Crippen LogP contribution in [0.4, 0.5) is 0 Å². The molecule has 3 rings (SSSR count). The third kappa shape index (κ3) is 1.87. The van der Waals surface area contributed by atoms with E-state index in [0.29, 0.717) is 23.0 Å². The Labute approximate surface area is 113 Å². The van der Waals surface area contributed by atoms with Gasteiger partial charge in [-0.25, -0.2) is 9.50 Å². The van der Waals surface area contributed by atoms with Crippen LogP contribution in [0.25, 0.3) is 16.8 Å². The minimum Gasteiger partial charge on any atom is -0.480 e. The van der Waals surface area contributed by atoms with Crippen molar-refractivity contribution in [3.63, 3.8) is 0 Å². The van der Waals surface area contributed by atoms with Crippen molar-refractivity contribution in [3.8, 4) is 29.0 Å². The van der Waals surface area contributed by atoms with Crippen LogP contribution in [0.2, 0.25) is 0 Å². The van der Waals surface area contributed by atoms with Crippen molar-refractivity contribution < 1.29 is 14.6 Å². The third-order valence-corrected chi connectivity index (χ3v) is 2.80. The molecule has 0 aliphatic carbocycles. The lowest BCUT2D eigenvalue weighted by atomic mass is 10.2. The minimum absolute atomic E-state index is 0.317. The van der Waals surface area contributed by atoms with Crippen molar-refractivity contribution in [2.75, 3.05) is 14.2 Å². The molecule has 0 aliphatic rings. The van der Waals surface area contributed by atoms with Gasteiger partial charge in [-0.3, -0.25) is 0 Å². The molecule has 0 unspecified atom stereocenters. The lowest BCUT2D eigenvalue weighted by molar-refractivity contribution is 0.368. The SMILES string of the molecule is COc1cc(-c2ccc3cnc(O)nn23)c(OC)nn1. The second kappa shape index (κ2) is 4.65. The maximum atomic E-state index is 9.42. The van der Waals surface area contributed by atoms with Gasteiger partial charge in [-0.2, -0.15) is 0 Å². The number of nitrogens with zero attached hydrogens (tertiary/aromatic N) is 5. The number of rotatable bonds is 3. The quantitative estimate of drug-likeness (QED) is 0.757. The number of hydrogen-bond acceptors (Lipinski definition) is 7. The first-order valence-electron chi connectivity index (χ1n) is 5.72. The van der Waals surface area contributed by atoms with E-state index >= 15 is 0 Å². The molecular formula is C12H11N5O3. The van der Waals surface area contributed by atoms with Gasteiger partial charge in [0.05, 0.1) is 37.2 Å². The van der Waals surface area contributed by atoms with Crippen LogP contribution in [-0.4, -0.2) is 44.1 Å². The van der Waals surface area contributed by atoms with Crippen LogP contribution in [0.3, 0.4) is 0 Å². The predicted molar refractivity (Wildman–Crippen MR) is 68.8 cm³/mol. The van der Waals surface area contributed by atoms with Gasteiger partial charge >= 0.3 is 6.01 Å². The highest BCUT2D eigenvalue weighted by Crippen LogP contribution is 2.30. The van der Waals surface area contributed by atoms with Crippen LogP contribution < -0.4 is 9.47 Å². The molecule has 3 aromatic rings. The Morgan fingerprint density at radius 1 is 1.15 bits per heavy atom. The molecule has 0 radical (unpaired) electrons. The number of ether oxygens (including phenoxy) is 2. The van der Waals surface area contributed by atoms with Crippen LogP contribution in [-0.2, 0) is 0 Å². The summed E-state index contributed by atoms with van der Waals surface area (Å²) in [4.78, 5) is 3.73. The molecule has 0 amide bonds. The summed E-state index contributed by atoms with van der Waals surface area (Å²) in [5, 5.41) is 21.2. The molecule has 0 atom stereocenters. The van der Waals surface area contributed by atoms with Gasteiger partial charge in [-0.05, 0) is 12.1 Å². The number of fused-ring (bicyclic) bond motifs is 1. The Balaban J connectivity index is 2.26. The Morgan fingerprint density at radius 3 is 2.75 bits per heavy atom. The molecule has 8 heteroatoms. The molecule has 0 spiro atoms. The first-order valence-corrected chi connectivity index (χ1v) is 5.72. The lowest BCUT2D eigenvalue weighted by Crippen LogP contribution is -2.00. The second-order valence-corrected chi connectivity index (χ2v) is 3.92. The van der Waals surface area contributed by atoms with Crippen LogP contribution in [0, 0.1) is 0 Å². The first-order chi connectivity index (χ1) is 9.72. The fourth-order valence-electron chi connectivity index (χ4n) is 1.89. The molecule has 0 saturated carbocycles. The van der Waals surface area contributed by atoms with E-state index in [0.717, 1.165) is 5.52 Å². The highest BCUT2D eigenvalue weighted by Gasteiger charge is 2.15. The van der Waals surface area contributed by atoms with E-state index < -0.39 is 0 Å². The molecule has 1 N–H and O–H groups in total. The van der Waals surface area contributed by atoms with Crippen LogP contribution >= 0.6 is 0 Å². The Hall–Kier alpha value is -2.90. The van der Waals surface area contributed by atoms with Gasteiger partial charge in [-0.15, -0.1) is 15.3 Å². The normalized spacial score (nSPS) is 10.7. The Bertz CT molecular complexity index is 771. The maximum absolute atomic E-state index is 9.42. The molecule has 0 saturated heterocycles. The van der Waals surface area contributed by atoms with Gasteiger partial charge in [0.1, 0.15) is 0 Å². The largest absolute Gasteiger partial charge is 0.480 e. The molecule has 3 aromatic heterocycles. The molecule has 3 heterocycles. The molecule has 8 nitrogen and oxygen atoms in total. The molecule has 0 aromatic carbocycles. The zero-order chi connectivity index (χ0) is 14.1. The molecular weight excluding hydrogens is 262 g/mol. The lowest BCUT2D eigenvalue weighted by Gasteiger charge is -2.08. The van der Waals surface area contributed by atoms with Crippen molar-refractivity contribution in [2.45, 2.75) is 0 Å². The number of aromatic nitrogens is 5. The van der Waals surface area contributed by atoms with Crippen LogP contribution in [0.1, 0.15) is 0 Å². The molecule has 0 bridgehead atoms. The number of aromatic hydroxyl groups is 1. The average Bonchev–Trinajstić information content (AvgIpc) is 2.89. The first kappa shape index (κ1) is 12.2. The van der Waals surface area contributed by atoms with E-state index in [2.05, 4.69) is 20.3 Å². The topological polar surface area (TPSA) is 94.7 Å². The average molecular weight is 273 g/mol. The summed E-state index contributed by atoms with van der Waals surface area (Å²) in [6, 6.07) is 5.01. The summed E-state index contributed by atoms with van der Waals surface area (Å²) in [6.45, 7) is 0. The number of hydrogen-bond donors (Lipinski definition) is 1. The smallest absolute Gasteiger partial charge is 0.331 e. The molecule has 20 heavy (non-hydrogen) atoms. The maximum Gasteiger partial charge on any atom is 0.331 e. The van der Waals surface area contributed by atoms with Crippen LogP contribution in [0.15, 0.2) is 24.4 Å². The van der Waals surface area contributed by atoms with Crippen molar-refractivity contribution in [2.24, 2.45) is 0 Å². The summed E-state index contributed by atoms with van der Waals surface area (Å²) in [5.41, 5.74) is 2.07. The Kier molecular flexibility index (Phi) is 2.82. The monoisotopic (exact) mass is 273 g/mol. The van der Waals surface area contributed by atoms with Crippen molar-refractivity contribution in [1.29, 1.82) is 0 Å². The standard InChI is InChI=1S/C12H11N5O3/c1-19-10-5-8(11(20-2)15-14-10)9-4-3-7-6-13-12(18)16-17(7)9/h3-6H,1-2H3,(H,16,18). The summed E-state index contributed by atoms with van der Waals surface area (Å²) < 4.78 is 11.8. The van der Waals surface area contributed by atoms with Gasteiger partial charge in [0.15, 0.2) is 0 Å². The van der Waals surface area contributed by atoms with Gasteiger partial charge < -0.3 is 14.6 Å². The summed E-state index contributed by atoms with van der Waals surface area (Å²) >= 11 is 0.